The standard InChI is InChI=1S/C16H25NO4/c18-14(21-13-1-3-16(4-2-13)12-20-16)17-8-5-15(6-9-17)7-10-19-11-15/h13H,1-12H2. The van der Waals surface area contributed by atoms with Gasteiger partial charge in [0.15, 0.2) is 0 Å². The highest BCUT2D eigenvalue weighted by Gasteiger charge is 2.48. The maximum Gasteiger partial charge on any atom is 0.410 e. The molecule has 3 heterocycles. The zero-order valence-electron chi connectivity index (χ0n) is 12.6. The van der Waals surface area contributed by atoms with Gasteiger partial charge in [0.2, 0.25) is 0 Å². The van der Waals surface area contributed by atoms with Crippen LogP contribution in [0.15, 0.2) is 0 Å². The number of epoxide rings is 1. The van der Waals surface area contributed by atoms with Crippen molar-refractivity contribution in [2.24, 2.45) is 5.41 Å². The van der Waals surface area contributed by atoms with Gasteiger partial charge in [-0.3, -0.25) is 0 Å². The third-order valence-corrected chi connectivity index (χ3v) is 5.93. The summed E-state index contributed by atoms with van der Waals surface area (Å²) in [5, 5.41) is 0. The molecule has 0 unspecified atom stereocenters. The highest BCUT2D eigenvalue weighted by atomic mass is 16.6. The number of hydrogen-bond acceptors (Lipinski definition) is 4. The predicted octanol–water partition coefficient (Wildman–Crippen LogP) is 2.34. The number of amides is 1. The zero-order valence-corrected chi connectivity index (χ0v) is 12.6. The quantitative estimate of drug-likeness (QED) is 0.697. The molecule has 0 bridgehead atoms. The molecular weight excluding hydrogens is 270 g/mol. The van der Waals surface area contributed by atoms with Crippen molar-refractivity contribution in [3.63, 3.8) is 0 Å². The number of hydrogen-bond donors (Lipinski definition) is 0. The number of carbonyl (C=O) groups is 1. The summed E-state index contributed by atoms with van der Waals surface area (Å²) in [6.07, 6.45) is 7.26. The molecule has 5 nitrogen and oxygen atoms in total. The van der Waals surface area contributed by atoms with E-state index in [4.69, 9.17) is 14.2 Å². The van der Waals surface area contributed by atoms with Crippen molar-refractivity contribution in [3.05, 3.63) is 0 Å². The lowest BCUT2D eigenvalue weighted by atomic mass is 9.78. The Bertz CT molecular complexity index is 395. The van der Waals surface area contributed by atoms with Crippen LogP contribution in [0.4, 0.5) is 4.79 Å². The Morgan fingerprint density at radius 2 is 1.76 bits per heavy atom. The van der Waals surface area contributed by atoms with Crippen LogP contribution in [0, 0.1) is 5.41 Å². The molecule has 4 fully saturated rings. The van der Waals surface area contributed by atoms with E-state index in [1.807, 2.05) is 4.90 Å². The first-order chi connectivity index (χ1) is 10.2. The van der Waals surface area contributed by atoms with Crippen molar-refractivity contribution in [1.29, 1.82) is 0 Å². The van der Waals surface area contributed by atoms with E-state index < -0.39 is 0 Å². The van der Waals surface area contributed by atoms with Gasteiger partial charge in [0.1, 0.15) is 6.10 Å². The van der Waals surface area contributed by atoms with Crippen LogP contribution in [0.25, 0.3) is 0 Å². The van der Waals surface area contributed by atoms with Gasteiger partial charge in [0, 0.05) is 19.7 Å². The second-order valence-electron chi connectivity index (χ2n) is 7.34. The molecule has 3 saturated heterocycles. The van der Waals surface area contributed by atoms with Crippen LogP contribution in [0.3, 0.4) is 0 Å². The fourth-order valence-corrected chi connectivity index (χ4v) is 4.05. The molecular formula is C16H25NO4. The lowest BCUT2D eigenvalue weighted by molar-refractivity contribution is 0.0160. The Kier molecular flexibility index (Phi) is 3.38. The minimum Gasteiger partial charge on any atom is -0.446 e. The van der Waals surface area contributed by atoms with Gasteiger partial charge in [0.05, 0.1) is 18.8 Å². The Morgan fingerprint density at radius 1 is 1.05 bits per heavy atom. The molecule has 0 radical (unpaired) electrons. The molecule has 118 valence electrons. The largest absolute Gasteiger partial charge is 0.446 e. The minimum atomic E-state index is -0.110. The molecule has 1 saturated carbocycles. The van der Waals surface area contributed by atoms with Crippen LogP contribution in [0.1, 0.15) is 44.9 Å². The van der Waals surface area contributed by atoms with Gasteiger partial charge in [-0.2, -0.15) is 0 Å². The van der Waals surface area contributed by atoms with Crippen LogP contribution >= 0.6 is 0 Å². The molecule has 5 heteroatoms. The summed E-state index contributed by atoms with van der Waals surface area (Å²) in [7, 11) is 0. The van der Waals surface area contributed by atoms with Crippen molar-refractivity contribution in [1.82, 2.24) is 4.90 Å². The lowest BCUT2D eigenvalue weighted by Gasteiger charge is -2.38. The van der Waals surface area contributed by atoms with Crippen molar-refractivity contribution >= 4 is 6.09 Å². The molecule has 0 aromatic rings. The SMILES string of the molecule is O=C(OC1CCC2(CC1)CO2)N1CCC2(CCOC2)CC1. The summed E-state index contributed by atoms with van der Waals surface area (Å²) in [5.41, 5.74) is 0.514. The number of nitrogens with zero attached hydrogens (tertiary/aromatic N) is 1. The number of carbonyl (C=O) groups excluding carboxylic acids is 1. The predicted molar refractivity (Wildman–Crippen MR) is 76.1 cm³/mol. The van der Waals surface area contributed by atoms with E-state index in [1.54, 1.807) is 0 Å². The summed E-state index contributed by atoms with van der Waals surface area (Å²) in [6.45, 7) is 4.31. The molecule has 4 rings (SSSR count). The highest BCUT2D eigenvalue weighted by molar-refractivity contribution is 5.68. The second-order valence-corrected chi connectivity index (χ2v) is 7.34. The monoisotopic (exact) mass is 295 g/mol. The maximum absolute atomic E-state index is 12.3. The minimum absolute atomic E-state index is 0.0954. The fraction of sp³-hybridized carbons (Fsp3) is 0.938. The highest BCUT2D eigenvalue weighted by Crippen LogP contribution is 2.43. The summed E-state index contributed by atoms with van der Waals surface area (Å²) < 4.78 is 16.7. The molecule has 1 aliphatic carbocycles. The number of likely N-dealkylation sites (tertiary alicyclic amines) is 1. The molecule has 3 aliphatic heterocycles. The van der Waals surface area contributed by atoms with Gasteiger partial charge in [-0.05, 0) is 50.4 Å². The number of rotatable bonds is 1. The lowest BCUT2D eigenvalue weighted by Crippen LogP contribution is -2.45. The summed E-state index contributed by atoms with van der Waals surface area (Å²) in [5.74, 6) is 0. The topological polar surface area (TPSA) is 51.3 Å². The third-order valence-electron chi connectivity index (χ3n) is 5.93. The Balaban J connectivity index is 1.24. The molecule has 0 atom stereocenters. The Hall–Kier alpha value is -0.810. The van der Waals surface area contributed by atoms with E-state index in [1.165, 1.54) is 0 Å². The molecule has 2 spiro atoms. The summed E-state index contributed by atoms with van der Waals surface area (Å²) in [6, 6.07) is 0. The smallest absolute Gasteiger partial charge is 0.410 e. The first kappa shape index (κ1) is 13.8. The van der Waals surface area contributed by atoms with Crippen LogP contribution < -0.4 is 0 Å². The van der Waals surface area contributed by atoms with Gasteiger partial charge in [0.25, 0.3) is 0 Å². The van der Waals surface area contributed by atoms with Crippen LogP contribution in [0.2, 0.25) is 0 Å². The third kappa shape index (κ3) is 2.78. The van der Waals surface area contributed by atoms with Gasteiger partial charge in [-0.1, -0.05) is 0 Å². The Labute approximate surface area is 125 Å². The normalized spacial score (nSPS) is 37.9. The number of piperidine rings is 1. The van der Waals surface area contributed by atoms with Gasteiger partial charge >= 0.3 is 6.09 Å². The van der Waals surface area contributed by atoms with E-state index in [0.717, 1.165) is 77.9 Å². The molecule has 1 amide bonds. The Morgan fingerprint density at radius 3 is 2.33 bits per heavy atom. The second kappa shape index (κ2) is 5.13. The molecule has 21 heavy (non-hydrogen) atoms. The average Bonchev–Trinajstić information content (AvgIpc) is 3.12. The molecule has 4 aliphatic rings. The van der Waals surface area contributed by atoms with Crippen molar-refractivity contribution < 1.29 is 19.0 Å². The van der Waals surface area contributed by atoms with E-state index >= 15 is 0 Å². The first-order valence-corrected chi connectivity index (χ1v) is 8.36. The summed E-state index contributed by atoms with van der Waals surface area (Å²) >= 11 is 0. The van der Waals surface area contributed by atoms with Crippen molar-refractivity contribution in [2.45, 2.75) is 56.7 Å². The van der Waals surface area contributed by atoms with Crippen molar-refractivity contribution in [2.75, 3.05) is 32.9 Å². The maximum atomic E-state index is 12.3. The molecule has 0 aromatic carbocycles. The average molecular weight is 295 g/mol. The van der Waals surface area contributed by atoms with E-state index in [0.29, 0.717) is 5.41 Å². The molecule has 0 N–H and O–H groups in total. The van der Waals surface area contributed by atoms with E-state index in [2.05, 4.69) is 0 Å². The van der Waals surface area contributed by atoms with Gasteiger partial charge in [-0.25, -0.2) is 4.79 Å². The molecule has 0 aromatic heterocycles. The van der Waals surface area contributed by atoms with E-state index in [9.17, 15) is 4.79 Å². The zero-order chi connectivity index (χ0) is 14.3. The van der Waals surface area contributed by atoms with Gasteiger partial charge < -0.3 is 19.1 Å². The summed E-state index contributed by atoms with van der Waals surface area (Å²) in [4.78, 5) is 14.2. The first-order valence-electron chi connectivity index (χ1n) is 8.36. The van der Waals surface area contributed by atoms with E-state index in [-0.39, 0.29) is 17.8 Å². The number of ether oxygens (including phenoxy) is 3. The fourth-order valence-electron chi connectivity index (χ4n) is 4.05. The van der Waals surface area contributed by atoms with Crippen LogP contribution in [-0.4, -0.2) is 55.6 Å². The van der Waals surface area contributed by atoms with Gasteiger partial charge in [-0.15, -0.1) is 0 Å². The van der Waals surface area contributed by atoms with Crippen LogP contribution in [0.5, 0.6) is 0 Å². The van der Waals surface area contributed by atoms with Crippen LogP contribution in [-0.2, 0) is 14.2 Å². The van der Waals surface area contributed by atoms with Crippen molar-refractivity contribution in [3.8, 4) is 0 Å².